The third-order valence-electron chi connectivity index (χ3n) is 5.52. The van der Waals surface area contributed by atoms with Gasteiger partial charge >= 0.3 is 0 Å². The van der Waals surface area contributed by atoms with E-state index in [-0.39, 0.29) is 11.7 Å². The van der Waals surface area contributed by atoms with Crippen molar-refractivity contribution in [1.82, 2.24) is 0 Å². The van der Waals surface area contributed by atoms with E-state index < -0.39 is 7.92 Å². The van der Waals surface area contributed by atoms with Gasteiger partial charge in [0.1, 0.15) is 5.60 Å². The minimum Gasteiger partial charge on any atom is -0.372 e. The van der Waals surface area contributed by atoms with E-state index in [2.05, 4.69) is 98.8 Å². The van der Waals surface area contributed by atoms with Gasteiger partial charge in [0.05, 0.1) is 19.3 Å². The lowest BCUT2D eigenvalue weighted by Crippen LogP contribution is -2.46. The average molecular weight is 390 g/mol. The number of benzene rings is 3. The molecule has 1 heterocycles. The smallest absolute Gasteiger partial charge is 0.116 e. The zero-order valence-corrected chi connectivity index (χ0v) is 17.4. The Bertz CT molecular complexity index is 840. The third kappa shape index (κ3) is 3.78. The van der Waals surface area contributed by atoms with Gasteiger partial charge in [0.2, 0.25) is 0 Å². The van der Waals surface area contributed by atoms with Crippen molar-refractivity contribution in [2.45, 2.75) is 32.0 Å². The molecule has 0 bridgehead atoms. The van der Waals surface area contributed by atoms with E-state index >= 15 is 0 Å². The van der Waals surface area contributed by atoms with Gasteiger partial charge in [-0.2, -0.15) is 0 Å². The molecular weight excluding hydrogens is 363 g/mol. The van der Waals surface area contributed by atoms with Gasteiger partial charge in [0.15, 0.2) is 0 Å². The van der Waals surface area contributed by atoms with Crippen molar-refractivity contribution in [3.05, 3.63) is 90.5 Å². The summed E-state index contributed by atoms with van der Waals surface area (Å²) >= 11 is 0. The normalized spacial score (nSPS) is 22.3. The first kappa shape index (κ1) is 19.3. The maximum atomic E-state index is 6.20. The van der Waals surface area contributed by atoms with Crippen molar-refractivity contribution in [3.63, 3.8) is 0 Å². The number of rotatable bonds is 5. The van der Waals surface area contributed by atoms with Crippen LogP contribution in [0.25, 0.3) is 0 Å². The summed E-state index contributed by atoms with van der Waals surface area (Å²) in [5.41, 5.74) is 0.812. The topological polar surface area (TPSA) is 18.5 Å². The molecule has 2 nitrogen and oxygen atoms in total. The lowest BCUT2D eigenvalue weighted by atomic mass is 9.87. The molecule has 3 aromatic carbocycles. The van der Waals surface area contributed by atoms with E-state index in [1.54, 1.807) is 0 Å². The van der Waals surface area contributed by atoms with Crippen molar-refractivity contribution in [1.29, 1.82) is 0 Å². The average Bonchev–Trinajstić information content (AvgIpc) is 2.76. The highest BCUT2D eigenvalue weighted by atomic mass is 31.1. The van der Waals surface area contributed by atoms with Crippen LogP contribution in [0.3, 0.4) is 0 Å². The van der Waals surface area contributed by atoms with Gasteiger partial charge < -0.3 is 9.47 Å². The van der Waals surface area contributed by atoms with E-state index in [0.29, 0.717) is 13.2 Å². The Labute approximate surface area is 169 Å². The summed E-state index contributed by atoms with van der Waals surface area (Å²) < 4.78 is 12.2. The number of ether oxygens (including phenoxy) is 2. The maximum absolute atomic E-state index is 6.20. The summed E-state index contributed by atoms with van der Waals surface area (Å²) in [4.78, 5) is 0. The van der Waals surface area contributed by atoms with Gasteiger partial charge in [-0.25, -0.2) is 0 Å². The van der Waals surface area contributed by atoms with Crippen molar-refractivity contribution >= 4 is 23.8 Å². The first-order valence-corrected chi connectivity index (χ1v) is 11.3. The lowest BCUT2D eigenvalue weighted by molar-refractivity contribution is -0.201. The van der Waals surface area contributed by atoms with Gasteiger partial charge in [-0.1, -0.05) is 91.9 Å². The van der Waals surface area contributed by atoms with Gasteiger partial charge in [0.25, 0.3) is 0 Å². The molecule has 2 atom stereocenters. The Morgan fingerprint density at radius 3 is 1.86 bits per heavy atom. The predicted octanol–water partition coefficient (Wildman–Crippen LogP) is 4.49. The second kappa shape index (κ2) is 8.57. The Morgan fingerprint density at radius 1 is 0.786 bits per heavy atom. The molecule has 144 valence electrons. The van der Waals surface area contributed by atoms with Gasteiger partial charge in [0, 0.05) is 0 Å². The summed E-state index contributed by atoms with van der Waals surface area (Å²) in [5, 5.41) is 4.09. The molecule has 0 spiro atoms. The summed E-state index contributed by atoms with van der Waals surface area (Å²) in [7, 11) is -0.579. The second-order valence-electron chi connectivity index (χ2n) is 7.28. The van der Waals surface area contributed by atoms with Crippen LogP contribution in [0.1, 0.15) is 25.8 Å². The van der Waals surface area contributed by atoms with E-state index in [4.69, 9.17) is 9.47 Å². The fraction of sp³-hybridized carbons (Fsp3) is 0.280. The summed E-state index contributed by atoms with van der Waals surface area (Å²) in [6.45, 7) is 5.65. The molecule has 1 aliphatic heterocycles. The molecule has 4 rings (SSSR count). The SMILES string of the molecule is CCC1OCCOC1(C)c1ccc(P(c2ccccc2)c2ccccc2)cc1. The molecule has 0 radical (unpaired) electrons. The molecule has 28 heavy (non-hydrogen) atoms. The Morgan fingerprint density at radius 2 is 1.32 bits per heavy atom. The molecule has 0 aliphatic carbocycles. The second-order valence-corrected chi connectivity index (χ2v) is 9.50. The van der Waals surface area contributed by atoms with E-state index in [0.717, 1.165) is 6.42 Å². The fourth-order valence-electron chi connectivity index (χ4n) is 4.02. The van der Waals surface area contributed by atoms with E-state index in [1.807, 2.05) is 0 Å². The Balaban J connectivity index is 1.71. The van der Waals surface area contributed by atoms with E-state index in [1.165, 1.54) is 21.5 Å². The van der Waals surface area contributed by atoms with Crippen LogP contribution in [0.15, 0.2) is 84.9 Å². The predicted molar refractivity (Wildman–Crippen MR) is 118 cm³/mol. The maximum Gasteiger partial charge on any atom is 0.116 e. The first-order valence-electron chi connectivity index (χ1n) is 9.98. The molecule has 0 aromatic heterocycles. The van der Waals surface area contributed by atoms with Crippen molar-refractivity contribution in [2.75, 3.05) is 13.2 Å². The van der Waals surface area contributed by atoms with E-state index in [9.17, 15) is 0 Å². The largest absolute Gasteiger partial charge is 0.372 e. The monoisotopic (exact) mass is 390 g/mol. The lowest BCUT2D eigenvalue weighted by Gasteiger charge is -2.41. The highest BCUT2D eigenvalue weighted by Crippen LogP contribution is 2.37. The molecule has 0 saturated carbocycles. The first-order chi connectivity index (χ1) is 13.7. The highest BCUT2D eigenvalue weighted by molar-refractivity contribution is 7.79. The van der Waals surface area contributed by atoms with Crippen molar-refractivity contribution in [3.8, 4) is 0 Å². The van der Waals surface area contributed by atoms with Crippen molar-refractivity contribution < 1.29 is 9.47 Å². The minimum absolute atomic E-state index is 0.0943. The molecule has 1 fully saturated rings. The molecule has 1 aliphatic rings. The van der Waals surface area contributed by atoms with Crippen LogP contribution in [0.5, 0.6) is 0 Å². The standard InChI is InChI=1S/C25H27O2P/c1-3-24-25(2,27-19-18-26-24)20-14-16-23(17-15-20)28(21-10-6-4-7-11-21)22-12-8-5-9-13-22/h4-17,24H,3,18-19H2,1-2H3. The molecule has 3 aromatic rings. The van der Waals surface area contributed by atoms with Gasteiger partial charge in [-0.3, -0.25) is 0 Å². The fourth-order valence-corrected chi connectivity index (χ4v) is 6.30. The summed E-state index contributed by atoms with van der Waals surface area (Å²) in [6, 6.07) is 30.6. The van der Waals surface area contributed by atoms with Gasteiger partial charge in [-0.15, -0.1) is 0 Å². The molecule has 1 saturated heterocycles. The van der Waals surface area contributed by atoms with Crippen LogP contribution in [0, 0.1) is 0 Å². The third-order valence-corrected chi connectivity index (χ3v) is 7.96. The van der Waals surface area contributed by atoms with Crippen LogP contribution in [0.4, 0.5) is 0 Å². The van der Waals surface area contributed by atoms with Crippen LogP contribution in [-0.4, -0.2) is 19.3 Å². The molecule has 0 N–H and O–H groups in total. The molecule has 3 heteroatoms. The molecule has 2 unspecified atom stereocenters. The quantitative estimate of drug-likeness (QED) is 0.598. The minimum atomic E-state index is -0.579. The van der Waals surface area contributed by atoms with Crippen molar-refractivity contribution in [2.24, 2.45) is 0 Å². The zero-order valence-electron chi connectivity index (χ0n) is 16.5. The van der Waals surface area contributed by atoms with Crippen LogP contribution < -0.4 is 15.9 Å². The number of hydrogen-bond acceptors (Lipinski definition) is 2. The van der Waals surface area contributed by atoms with Crippen LogP contribution in [0.2, 0.25) is 0 Å². The Kier molecular flexibility index (Phi) is 5.92. The molecule has 0 amide bonds. The molecular formula is C25H27O2P. The van der Waals surface area contributed by atoms with Crippen LogP contribution in [-0.2, 0) is 15.1 Å². The summed E-state index contributed by atoms with van der Waals surface area (Å²) in [6.07, 6.45) is 1.04. The zero-order chi connectivity index (χ0) is 19.4. The van der Waals surface area contributed by atoms with Crippen LogP contribution >= 0.6 is 7.92 Å². The van der Waals surface area contributed by atoms with Gasteiger partial charge in [-0.05, 0) is 42.7 Å². The highest BCUT2D eigenvalue weighted by Gasteiger charge is 2.39. The summed E-state index contributed by atoms with van der Waals surface area (Å²) in [5.74, 6) is 0. The number of hydrogen-bond donors (Lipinski definition) is 0. The Hall–Kier alpha value is -1.99.